The number of phenolic OH excluding ortho intramolecular Hbond substituents is 1. The van der Waals surface area contributed by atoms with Crippen molar-refractivity contribution in [3.05, 3.63) is 22.8 Å². The maximum absolute atomic E-state index is 13.3. The number of aromatic hydroxyl groups is 1. The van der Waals surface area contributed by atoms with Crippen LogP contribution >= 0.6 is 0 Å². The highest BCUT2D eigenvalue weighted by Gasteiger charge is 2.67. The molecule has 0 bridgehead atoms. The van der Waals surface area contributed by atoms with E-state index in [0.29, 0.717) is 36.1 Å². The monoisotopic (exact) mass is 513 g/mol. The molecule has 2 saturated carbocycles. The molecule has 9 heteroatoms. The van der Waals surface area contributed by atoms with Crippen molar-refractivity contribution in [2.75, 3.05) is 0 Å². The van der Waals surface area contributed by atoms with Crippen LogP contribution in [0, 0.1) is 22.7 Å². The lowest BCUT2D eigenvalue weighted by Crippen LogP contribution is -2.66. The molecule has 2 fully saturated rings. The zero-order valence-corrected chi connectivity index (χ0v) is 21.8. The minimum absolute atomic E-state index is 0.0258. The number of carbonyl (C=O) groups is 4. The number of amides is 1. The zero-order chi connectivity index (χ0) is 27.1. The molecule has 2 aliphatic carbocycles. The van der Waals surface area contributed by atoms with Gasteiger partial charge in [-0.2, -0.15) is 0 Å². The summed E-state index contributed by atoms with van der Waals surface area (Å²) in [5.74, 6) is -2.07. The van der Waals surface area contributed by atoms with E-state index in [-0.39, 0.29) is 53.7 Å². The van der Waals surface area contributed by atoms with Gasteiger partial charge in [0.2, 0.25) is 0 Å². The summed E-state index contributed by atoms with van der Waals surface area (Å²) < 4.78 is 6.92. The summed E-state index contributed by atoms with van der Waals surface area (Å²) in [5.41, 5.74) is -0.148. The van der Waals surface area contributed by atoms with E-state index in [4.69, 9.17) is 9.84 Å². The van der Waals surface area contributed by atoms with Gasteiger partial charge in [0.1, 0.15) is 28.9 Å². The van der Waals surface area contributed by atoms with Crippen molar-refractivity contribution < 1.29 is 39.2 Å². The predicted octanol–water partition coefficient (Wildman–Crippen LogP) is 3.78. The maximum atomic E-state index is 13.3. The number of ketones is 1. The number of nitrogens with zero attached hydrogens (tertiary/aromatic N) is 1. The molecular formula is C28H35NO8. The molecule has 1 amide bonds. The van der Waals surface area contributed by atoms with Crippen LogP contribution in [0.15, 0.2) is 6.07 Å². The third-order valence-corrected chi connectivity index (χ3v) is 10.2. The summed E-state index contributed by atoms with van der Waals surface area (Å²) >= 11 is 0. The maximum Gasteiger partial charge on any atom is 0.326 e. The van der Waals surface area contributed by atoms with E-state index in [1.807, 2.05) is 13.8 Å². The normalized spacial score (nSPS) is 32.5. The van der Waals surface area contributed by atoms with Gasteiger partial charge in [-0.15, -0.1) is 0 Å². The SMILES string of the molecule is C[C@@H]1CC[C@@H]2C(C)(C)C(=O)CC[C@]2(C)[C@]12Cc1c(O)cc3c(c1O2)CN([C@H](CCC(=O)O)C(=O)O)C3=O. The van der Waals surface area contributed by atoms with E-state index in [1.54, 1.807) is 0 Å². The number of hydrogen-bond donors (Lipinski definition) is 3. The molecule has 0 radical (unpaired) electrons. The summed E-state index contributed by atoms with van der Waals surface area (Å²) in [6, 6.07) is 0.0983. The quantitative estimate of drug-likeness (QED) is 0.540. The molecule has 0 unspecified atom stereocenters. The molecule has 4 aliphatic rings. The smallest absolute Gasteiger partial charge is 0.326 e. The van der Waals surface area contributed by atoms with Crippen molar-refractivity contribution in [2.24, 2.45) is 22.7 Å². The van der Waals surface area contributed by atoms with Crippen LogP contribution in [0.4, 0.5) is 0 Å². The Labute approximate surface area is 215 Å². The van der Waals surface area contributed by atoms with E-state index in [0.717, 1.165) is 12.8 Å². The largest absolute Gasteiger partial charge is 0.508 e. The van der Waals surface area contributed by atoms with Crippen molar-refractivity contribution in [3.63, 3.8) is 0 Å². The topological polar surface area (TPSA) is 141 Å². The summed E-state index contributed by atoms with van der Waals surface area (Å²) in [5, 5.41) is 29.9. The van der Waals surface area contributed by atoms with Gasteiger partial charge in [0.05, 0.1) is 12.1 Å². The first-order valence-corrected chi connectivity index (χ1v) is 13.1. The fourth-order valence-corrected chi connectivity index (χ4v) is 8.03. The van der Waals surface area contributed by atoms with Crippen LogP contribution in [0.2, 0.25) is 0 Å². The average Bonchev–Trinajstić information content (AvgIpc) is 3.36. The molecule has 5 rings (SSSR count). The first-order valence-electron chi connectivity index (χ1n) is 13.1. The Morgan fingerprint density at radius 2 is 1.86 bits per heavy atom. The average molecular weight is 514 g/mol. The number of phenols is 1. The number of benzene rings is 1. The summed E-state index contributed by atoms with van der Waals surface area (Å²) in [6.07, 6.45) is 2.79. The Morgan fingerprint density at radius 3 is 2.51 bits per heavy atom. The van der Waals surface area contributed by atoms with Crippen molar-refractivity contribution in [1.29, 1.82) is 0 Å². The van der Waals surface area contributed by atoms with Crippen LogP contribution in [0.1, 0.15) is 87.7 Å². The van der Waals surface area contributed by atoms with Crippen LogP contribution in [-0.2, 0) is 27.3 Å². The molecule has 5 atom stereocenters. The molecule has 37 heavy (non-hydrogen) atoms. The second kappa shape index (κ2) is 8.20. The lowest BCUT2D eigenvalue weighted by molar-refractivity contribution is -0.188. The molecule has 2 aliphatic heterocycles. The van der Waals surface area contributed by atoms with Crippen LogP contribution in [0.5, 0.6) is 11.5 Å². The van der Waals surface area contributed by atoms with Crippen molar-refractivity contribution in [2.45, 2.75) is 90.8 Å². The van der Waals surface area contributed by atoms with Gasteiger partial charge in [-0.05, 0) is 43.6 Å². The van der Waals surface area contributed by atoms with Crippen molar-refractivity contribution in [3.8, 4) is 11.5 Å². The Bertz CT molecular complexity index is 1220. The van der Waals surface area contributed by atoms with Gasteiger partial charge in [-0.3, -0.25) is 14.4 Å². The van der Waals surface area contributed by atoms with E-state index >= 15 is 0 Å². The molecule has 1 spiro atoms. The van der Waals surface area contributed by atoms with E-state index in [2.05, 4.69) is 13.8 Å². The fourth-order valence-electron chi connectivity index (χ4n) is 8.03. The molecule has 2 heterocycles. The standard InChI is InChI=1S/C28H35NO8/c1-14-5-7-20-26(2,3)21(31)9-10-27(20,4)28(14)12-16-19(30)11-15-17(23(16)37-28)13-29(24(15)34)18(25(35)36)6-8-22(32)33/h11,14,18,20,30H,5-10,12-13H2,1-4H3,(H,32,33)(H,35,36)/t14-,18-,20-,27+,28+/m1/s1. The minimum atomic E-state index is -1.30. The molecule has 200 valence electrons. The third kappa shape index (κ3) is 3.42. The van der Waals surface area contributed by atoms with Crippen LogP contribution in [0.25, 0.3) is 0 Å². The summed E-state index contributed by atoms with van der Waals surface area (Å²) in [4.78, 5) is 50.4. The molecule has 0 aromatic heterocycles. The Kier molecular flexibility index (Phi) is 5.66. The predicted molar refractivity (Wildman–Crippen MR) is 131 cm³/mol. The van der Waals surface area contributed by atoms with Gasteiger partial charge in [-0.25, -0.2) is 4.79 Å². The van der Waals surface area contributed by atoms with Gasteiger partial charge < -0.3 is 25.0 Å². The van der Waals surface area contributed by atoms with E-state index in [9.17, 15) is 29.4 Å². The van der Waals surface area contributed by atoms with Crippen molar-refractivity contribution in [1.82, 2.24) is 4.90 Å². The van der Waals surface area contributed by atoms with Gasteiger partial charge >= 0.3 is 11.9 Å². The van der Waals surface area contributed by atoms with Gasteiger partial charge in [-0.1, -0.05) is 27.7 Å². The molecule has 3 N–H and O–H groups in total. The number of carbonyl (C=O) groups excluding carboxylic acids is 2. The molecule has 1 aromatic rings. The number of rotatable bonds is 5. The number of aliphatic carboxylic acids is 2. The number of carboxylic acid groups (broad SMARTS) is 2. The molecule has 1 aromatic carbocycles. The number of carboxylic acids is 2. The second-order valence-corrected chi connectivity index (χ2v) is 12.2. The zero-order valence-electron chi connectivity index (χ0n) is 21.8. The lowest BCUT2D eigenvalue weighted by atomic mass is 9.44. The van der Waals surface area contributed by atoms with Gasteiger partial charge in [0, 0.05) is 41.2 Å². The molecule has 9 nitrogen and oxygen atoms in total. The first-order chi connectivity index (χ1) is 17.2. The highest BCUT2D eigenvalue weighted by atomic mass is 16.5. The minimum Gasteiger partial charge on any atom is -0.508 e. The Hall–Kier alpha value is -3.10. The van der Waals surface area contributed by atoms with Gasteiger partial charge in [0.15, 0.2) is 0 Å². The highest BCUT2D eigenvalue weighted by molar-refractivity contribution is 6.02. The van der Waals surface area contributed by atoms with Gasteiger partial charge in [0.25, 0.3) is 5.91 Å². The number of Topliss-reactive ketones (excluding diaryl/α,β-unsaturated/α-hetero) is 1. The first kappa shape index (κ1) is 25.5. The highest BCUT2D eigenvalue weighted by Crippen LogP contribution is 2.66. The van der Waals surface area contributed by atoms with Crippen LogP contribution < -0.4 is 4.74 Å². The Balaban J connectivity index is 1.55. The molecule has 0 saturated heterocycles. The number of hydrogen-bond acceptors (Lipinski definition) is 6. The summed E-state index contributed by atoms with van der Waals surface area (Å²) in [6.45, 7) is 8.38. The number of fused-ring (bicyclic) bond motifs is 5. The number of ether oxygens (including phenoxy) is 1. The lowest BCUT2D eigenvalue weighted by Gasteiger charge is -2.62. The van der Waals surface area contributed by atoms with Crippen LogP contribution in [0.3, 0.4) is 0 Å². The summed E-state index contributed by atoms with van der Waals surface area (Å²) in [7, 11) is 0. The van der Waals surface area contributed by atoms with Crippen LogP contribution in [-0.4, -0.2) is 55.5 Å². The van der Waals surface area contributed by atoms with E-state index in [1.165, 1.54) is 11.0 Å². The third-order valence-electron chi connectivity index (χ3n) is 10.2. The molecular weight excluding hydrogens is 478 g/mol. The van der Waals surface area contributed by atoms with Crippen molar-refractivity contribution >= 4 is 23.6 Å². The Morgan fingerprint density at radius 1 is 1.16 bits per heavy atom. The second-order valence-electron chi connectivity index (χ2n) is 12.2. The fraction of sp³-hybridized carbons (Fsp3) is 0.643. The van der Waals surface area contributed by atoms with E-state index < -0.39 is 34.9 Å².